The molecule has 1 aliphatic carbocycles. The van der Waals surface area contributed by atoms with E-state index >= 15 is 0 Å². The molecule has 0 amide bonds. The monoisotopic (exact) mass is 210 g/mol. The van der Waals surface area contributed by atoms with E-state index in [1.54, 1.807) is 0 Å². The van der Waals surface area contributed by atoms with E-state index in [2.05, 4.69) is 37.9 Å². The first-order chi connectivity index (χ1) is 7.12. The van der Waals surface area contributed by atoms with Gasteiger partial charge in [0, 0.05) is 30.7 Å². The van der Waals surface area contributed by atoms with Crippen molar-refractivity contribution in [3.63, 3.8) is 0 Å². The maximum atomic E-state index is 3.77. The van der Waals surface area contributed by atoms with Gasteiger partial charge in [-0.2, -0.15) is 0 Å². The molecule has 0 radical (unpaired) electrons. The molecule has 3 atom stereocenters. The van der Waals surface area contributed by atoms with Crippen molar-refractivity contribution in [2.75, 3.05) is 13.1 Å². The summed E-state index contributed by atoms with van der Waals surface area (Å²) in [6.07, 6.45) is 3.94. The Bertz CT molecular complexity index is 221. The van der Waals surface area contributed by atoms with E-state index in [1.165, 1.54) is 32.4 Å². The highest BCUT2D eigenvalue weighted by atomic mass is 15.3. The molecule has 1 aliphatic heterocycles. The maximum Gasteiger partial charge on any atom is 0.0304 e. The standard InChI is InChI=1S/C13H26N2/c1-5-13(6-2)9-15(11(4)8-14-13)12-7-10(12)3/h10-12,14H,5-9H2,1-4H3. The Hall–Kier alpha value is -0.0800. The second-order valence-corrected chi connectivity index (χ2v) is 5.67. The van der Waals surface area contributed by atoms with Crippen molar-refractivity contribution in [2.24, 2.45) is 5.92 Å². The zero-order valence-electron chi connectivity index (χ0n) is 10.7. The molecule has 2 fully saturated rings. The van der Waals surface area contributed by atoms with Crippen LogP contribution in [-0.2, 0) is 0 Å². The van der Waals surface area contributed by atoms with Gasteiger partial charge in [-0.25, -0.2) is 0 Å². The third kappa shape index (κ3) is 2.07. The smallest absolute Gasteiger partial charge is 0.0304 e. The minimum atomic E-state index is 0.398. The highest BCUT2D eigenvalue weighted by Crippen LogP contribution is 2.38. The molecule has 0 spiro atoms. The van der Waals surface area contributed by atoms with Crippen molar-refractivity contribution in [3.8, 4) is 0 Å². The first kappa shape index (κ1) is 11.4. The largest absolute Gasteiger partial charge is 0.308 e. The van der Waals surface area contributed by atoms with Crippen LogP contribution in [0.2, 0.25) is 0 Å². The zero-order chi connectivity index (χ0) is 11.1. The van der Waals surface area contributed by atoms with Gasteiger partial charge in [0.25, 0.3) is 0 Å². The third-order valence-corrected chi connectivity index (χ3v) is 4.67. The number of nitrogens with zero attached hydrogens (tertiary/aromatic N) is 1. The lowest BCUT2D eigenvalue weighted by Crippen LogP contribution is -2.63. The third-order valence-electron chi connectivity index (χ3n) is 4.67. The molecule has 2 rings (SSSR count). The van der Waals surface area contributed by atoms with E-state index in [4.69, 9.17) is 0 Å². The van der Waals surface area contributed by atoms with Gasteiger partial charge in [0.2, 0.25) is 0 Å². The van der Waals surface area contributed by atoms with Gasteiger partial charge in [0.05, 0.1) is 0 Å². The van der Waals surface area contributed by atoms with Crippen molar-refractivity contribution in [1.82, 2.24) is 10.2 Å². The average Bonchev–Trinajstić information content (AvgIpc) is 2.97. The highest BCUT2D eigenvalue weighted by Gasteiger charge is 2.45. The predicted octanol–water partition coefficient (Wildman–Crippen LogP) is 2.25. The Morgan fingerprint density at radius 3 is 2.33 bits per heavy atom. The van der Waals surface area contributed by atoms with E-state index < -0.39 is 0 Å². The molecule has 0 aromatic rings. The maximum absolute atomic E-state index is 3.77. The summed E-state index contributed by atoms with van der Waals surface area (Å²) < 4.78 is 0. The summed E-state index contributed by atoms with van der Waals surface area (Å²) in [5.74, 6) is 0.942. The van der Waals surface area contributed by atoms with Crippen LogP contribution in [0.5, 0.6) is 0 Å². The Balaban J connectivity index is 2.03. The Kier molecular flexibility index (Phi) is 3.09. The molecule has 15 heavy (non-hydrogen) atoms. The Morgan fingerprint density at radius 1 is 1.27 bits per heavy atom. The molecule has 3 unspecified atom stereocenters. The van der Waals surface area contributed by atoms with Crippen LogP contribution in [0.1, 0.15) is 47.0 Å². The first-order valence-electron chi connectivity index (χ1n) is 6.62. The number of hydrogen-bond donors (Lipinski definition) is 1. The van der Waals surface area contributed by atoms with Gasteiger partial charge in [0.15, 0.2) is 0 Å². The molecule has 0 aromatic heterocycles. The van der Waals surface area contributed by atoms with E-state index in [1.807, 2.05) is 0 Å². The fourth-order valence-electron chi connectivity index (χ4n) is 2.98. The molecule has 2 aliphatic rings. The molecule has 1 saturated carbocycles. The normalized spacial score (nSPS) is 40.4. The summed E-state index contributed by atoms with van der Waals surface area (Å²) in [5, 5.41) is 3.77. The Morgan fingerprint density at radius 2 is 1.87 bits per heavy atom. The van der Waals surface area contributed by atoms with Crippen LogP contribution in [0, 0.1) is 5.92 Å². The van der Waals surface area contributed by atoms with Crippen LogP contribution in [0.3, 0.4) is 0 Å². The minimum absolute atomic E-state index is 0.398. The van der Waals surface area contributed by atoms with Crippen molar-refractivity contribution >= 4 is 0 Å². The van der Waals surface area contributed by atoms with Crippen molar-refractivity contribution in [2.45, 2.75) is 64.6 Å². The van der Waals surface area contributed by atoms with Gasteiger partial charge >= 0.3 is 0 Å². The van der Waals surface area contributed by atoms with Crippen molar-refractivity contribution < 1.29 is 0 Å². The van der Waals surface area contributed by atoms with E-state index in [0.717, 1.165) is 18.0 Å². The van der Waals surface area contributed by atoms with Gasteiger partial charge in [-0.3, -0.25) is 4.90 Å². The summed E-state index contributed by atoms with van der Waals surface area (Å²) in [5.41, 5.74) is 0.398. The molecule has 2 heteroatoms. The van der Waals surface area contributed by atoms with E-state index in [9.17, 15) is 0 Å². The zero-order valence-corrected chi connectivity index (χ0v) is 10.7. The topological polar surface area (TPSA) is 15.3 Å². The minimum Gasteiger partial charge on any atom is -0.308 e. The summed E-state index contributed by atoms with van der Waals surface area (Å²) in [6.45, 7) is 11.8. The molecule has 88 valence electrons. The number of nitrogens with one attached hydrogen (secondary N) is 1. The SMILES string of the molecule is CCC1(CC)CN(C2CC2C)C(C)CN1. The van der Waals surface area contributed by atoms with Gasteiger partial charge in [-0.1, -0.05) is 20.8 Å². The van der Waals surface area contributed by atoms with Gasteiger partial charge in [0.1, 0.15) is 0 Å². The molecule has 1 N–H and O–H groups in total. The van der Waals surface area contributed by atoms with E-state index in [-0.39, 0.29) is 0 Å². The fraction of sp³-hybridized carbons (Fsp3) is 1.00. The number of hydrogen-bond acceptors (Lipinski definition) is 2. The van der Waals surface area contributed by atoms with Crippen molar-refractivity contribution in [1.29, 1.82) is 0 Å². The number of rotatable bonds is 3. The van der Waals surface area contributed by atoms with Crippen LogP contribution in [0.25, 0.3) is 0 Å². The number of piperazine rings is 1. The molecule has 1 heterocycles. The highest BCUT2D eigenvalue weighted by molar-refractivity contribution is 5.02. The van der Waals surface area contributed by atoms with Crippen molar-refractivity contribution in [3.05, 3.63) is 0 Å². The summed E-state index contributed by atoms with van der Waals surface area (Å²) in [4.78, 5) is 2.76. The van der Waals surface area contributed by atoms with Crippen LogP contribution in [0.15, 0.2) is 0 Å². The quantitative estimate of drug-likeness (QED) is 0.768. The molecule has 0 aromatic carbocycles. The molecule has 1 saturated heterocycles. The average molecular weight is 210 g/mol. The lowest BCUT2D eigenvalue weighted by molar-refractivity contribution is 0.0705. The molecular weight excluding hydrogens is 184 g/mol. The predicted molar refractivity (Wildman–Crippen MR) is 65.1 cm³/mol. The lowest BCUT2D eigenvalue weighted by atomic mass is 9.88. The van der Waals surface area contributed by atoms with Gasteiger partial charge in [-0.15, -0.1) is 0 Å². The van der Waals surface area contributed by atoms with Crippen LogP contribution >= 0.6 is 0 Å². The summed E-state index contributed by atoms with van der Waals surface area (Å²) in [7, 11) is 0. The van der Waals surface area contributed by atoms with Crippen LogP contribution in [-0.4, -0.2) is 35.6 Å². The van der Waals surface area contributed by atoms with Crippen LogP contribution < -0.4 is 5.32 Å². The molecular formula is C13H26N2. The lowest BCUT2D eigenvalue weighted by Gasteiger charge is -2.47. The molecule has 0 bridgehead atoms. The molecule has 2 nitrogen and oxygen atoms in total. The fourth-order valence-corrected chi connectivity index (χ4v) is 2.98. The Labute approximate surface area is 94.4 Å². The van der Waals surface area contributed by atoms with Crippen LogP contribution in [0.4, 0.5) is 0 Å². The summed E-state index contributed by atoms with van der Waals surface area (Å²) in [6, 6.07) is 1.62. The second kappa shape index (κ2) is 4.06. The summed E-state index contributed by atoms with van der Waals surface area (Å²) >= 11 is 0. The van der Waals surface area contributed by atoms with Gasteiger partial charge in [-0.05, 0) is 32.1 Å². The van der Waals surface area contributed by atoms with E-state index in [0.29, 0.717) is 5.54 Å². The first-order valence-corrected chi connectivity index (χ1v) is 6.62. The second-order valence-electron chi connectivity index (χ2n) is 5.67. The van der Waals surface area contributed by atoms with Gasteiger partial charge < -0.3 is 5.32 Å².